The number of aryl methyl sites for hydroxylation is 1. The first-order valence-corrected chi connectivity index (χ1v) is 12.7. The van der Waals surface area contributed by atoms with Gasteiger partial charge in [0.25, 0.3) is 0 Å². The lowest BCUT2D eigenvalue weighted by Crippen LogP contribution is -2.52. The number of aromatic nitrogens is 5. The number of piperazine rings is 1. The van der Waals surface area contributed by atoms with Crippen LogP contribution in [0, 0.1) is 5.92 Å². The zero-order chi connectivity index (χ0) is 22.6. The van der Waals surface area contributed by atoms with E-state index in [2.05, 4.69) is 30.8 Å². The van der Waals surface area contributed by atoms with E-state index in [-0.39, 0.29) is 12.1 Å². The van der Waals surface area contributed by atoms with Crippen LogP contribution in [0.1, 0.15) is 50.4 Å². The Morgan fingerprint density at radius 1 is 0.971 bits per heavy atom. The fourth-order valence-corrected chi connectivity index (χ4v) is 6.48. The van der Waals surface area contributed by atoms with Crippen LogP contribution in [-0.4, -0.2) is 67.7 Å². The maximum atomic E-state index is 11.9. The average molecular weight is 459 g/mol. The number of hydrogen-bond donors (Lipinski definition) is 1. The quantitative estimate of drug-likeness (QED) is 0.648. The number of nitrogens with zero attached hydrogens (tertiary/aromatic N) is 7. The summed E-state index contributed by atoms with van der Waals surface area (Å²) < 4.78 is 2.44. The van der Waals surface area contributed by atoms with Crippen molar-refractivity contribution in [3.63, 3.8) is 0 Å². The summed E-state index contributed by atoms with van der Waals surface area (Å²) in [5.41, 5.74) is 3.82. The zero-order valence-electron chi connectivity index (χ0n) is 19.4. The highest BCUT2D eigenvalue weighted by Gasteiger charge is 2.36. The van der Waals surface area contributed by atoms with Crippen LogP contribution in [0.2, 0.25) is 0 Å². The van der Waals surface area contributed by atoms with E-state index in [1.807, 2.05) is 23.4 Å². The first-order chi connectivity index (χ1) is 16.7. The lowest BCUT2D eigenvalue weighted by Gasteiger charge is -2.36. The molecule has 0 spiro atoms. The topological polar surface area (TPSA) is 92.1 Å². The van der Waals surface area contributed by atoms with E-state index < -0.39 is 0 Å². The summed E-state index contributed by atoms with van der Waals surface area (Å²) in [6.45, 7) is 2.90. The third-order valence-corrected chi connectivity index (χ3v) is 8.25. The summed E-state index contributed by atoms with van der Waals surface area (Å²) in [4.78, 5) is 35.3. The second-order valence-corrected chi connectivity index (χ2v) is 10.2. The molecule has 6 heterocycles. The van der Waals surface area contributed by atoms with E-state index in [1.54, 1.807) is 0 Å². The van der Waals surface area contributed by atoms with E-state index in [0.717, 1.165) is 47.8 Å². The summed E-state index contributed by atoms with van der Waals surface area (Å²) in [6, 6.07) is 4.90. The Morgan fingerprint density at radius 2 is 1.82 bits per heavy atom. The third-order valence-electron chi connectivity index (χ3n) is 8.25. The van der Waals surface area contributed by atoms with Gasteiger partial charge in [0.05, 0.1) is 11.7 Å². The highest BCUT2D eigenvalue weighted by atomic mass is 16.2. The van der Waals surface area contributed by atoms with Crippen molar-refractivity contribution in [2.45, 2.75) is 57.0 Å². The smallest absolute Gasteiger partial charge is 0.317 e. The molecule has 3 aromatic heterocycles. The number of nitrogens with one attached hydrogen (secondary N) is 1. The lowest BCUT2D eigenvalue weighted by atomic mass is 9.83. The van der Waals surface area contributed by atoms with Gasteiger partial charge in [0, 0.05) is 56.6 Å². The van der Waals surface area contributed by atoms with Crippen molar-refractivity contribution in [1.82, 2.24) is 34.7 Å². The molecule has 0 bridgehead atoms. The molecule has 176 valence electrons. The fourth-order valence-electron chi connectivity index (χ4n) is 6.48. The normalized spacial score (nSPS) is 25.0. The Labute approximate surface area is 198 Å². The molecule has 3 aliphatic heterocycles. The monoisotopic (exact) mass is 458 g/mol. The van der Waals surface area contributed by atoms with E-state index in [4.69, 9.17) is 9.97 Å². The van der Waals surface area contributed by atoms with E-state index >= 15 is 0 Å². The van der Waals surface area contributed by atoms with Crippen molar-refractivity contribution in [1.29, 1.82) is 0 Å². The highest BCUT2D eigenvalue weighted by Crippen LogP contribution is 2.41. The molecule has 1 N–H and O–H groups in total. The maximum absolute atomic E-state index is 11.9. The van der Waals surface area contributed by atoms with Crippen molar-refractivity contribution >= 4 is 23.1 Å². The number of amides is 2. The van der Waals surface area contributed by atoms with Crippen molar-refractivity contribution in [2.24, 2.45) is 5.92 Å². The summed E-state index contributed by atoms with van der Waals surface area (Å²) in [7, 11) is 0. The van der Waals surface area contributed by atoms with Gasteiger partial charge in [-0.05, 0) is 37.3 Å². The molecule has 3 aromatic rings. The van der Waals surface area contributed by atoms with Gasteiger partial charge in [-0.15, -0.1) is 0 Å². The van der Waals surface area contributed by atoms with Crippen LogP contribution in [0.3, 0.4) is 0 Å². The van der Waals surface area contributed by atoms with Gasteiger partial charge in [-0.25, -0.2) is 24.7 Å². The van der Waals surface area contributed by atoms with Gasteiger partial charge >= 0.3 is 6.03 Å². The minimum atomic E-state index is 0.0412. The van der Waals surface area contributed by atoms with Crippen LogP contribution in [0.5, 0.6) is 0 Å². The number of rotatable bonds is 3. The second-order valence-electron chi connectivity index (χ2n) is 10.2. The standard InChI is InChI=1S/C25H30N8O/c34-25-28-14-18-15-31(10-11-32(18)25)24-26-12-17(13-27-24)19-6-7-20-23(30-19)33-21(8-9-22(33)29-20)16-4-2-1-3-5-16/h6-7,12-13,16,18,21H,1-5,8-11,14-15H2,(H,28,34)/t18?,21-/m1/s1. The number of fused-ring (bicyclic) bond motifs is 4. The van der Waals surface area contributed by atoms with E-state index in [9.17, 15) is 4.79 Å². The van der Waals surface area contributed by atoms with Crippen molar-refractivity contribution in [3.8, 4) is 11.3 Å². The van der Waals surface area contributed by atoms with Gasteiger partial charge < -0.3 is 19.7 Å². The Balaban J connectivity index is 1.15. The van der Waals surface area contributed by atoms with Crippen molar-refractivity contribution in [2.75, 3.05) is 31.1 Å². The molecule has 2 saturated heterocycles. The number of carbonyl (C=O) groups excluding carboxylic acids is 1. The average Bonchev–Trinajstić information content (AvgIpc) is 3.58. The van der Waals surface area contributed by atoms with Gasteiger partial charge in [0.2, 0.25) is 5.95 Å². The summed E-state index contributed by atoms with van der Waals surface area (Å²) in [5, 5.41) is 2.92. The Morgan fingerprint density at radius 3 is 2.68 bits per heavy atom. The SMILES string of the molecule is O=C1NCC2CN(c3ncc(-c4ccc5nc6n(c5n4)[C@@H](C4CCCCC4)CC6)cn3)CCN12. The van der Waals surface area contributed by atoms with Crippen LogP contribution < -0.4 is 10.2 Å². The Hall–Kier alpha value is -3.23. The summed E-state index contributed by atoms with van der Waals surface area (Å²) >= 11 is 0. The number of imidazole rings is 1. The number of pyridine rings is 1. The Bertz CT molecular complexity index is 1230. The van der Waals surface area contributed by atoms with Gasteiger partial charge in [-0.3, -0.25) is 0 Å². The predicted octanol–water partition coefficient (Wildman–Crippen LogP) is 3.17. The molecule has 0 radical (unpaired) electrons. The van der Waals surface area contributed by atoms with Gasteiger partial charge in [-0.1, -0.05) is 19.3 Å². The molecule has 1 saturated carbocycles. The highest BCUT2D eigenvalue weighted by molar-refractivity contribution is 5.78. The first-order valence-electron chi connectivity index (χ1n) is 12.7. The second kappa shape index (κ2) is 7.92. The molecule has 2 atom stereocenters. The number of anilines is 1. The Kier molecular flexibility index (Phi) is 4.70. The lowest BCUT2D eigenvalue weighted by molar-refractivity contribution is 0.197. The third kappa shape index (κ3) is 3.24. The molecule has 0 aromatic carbocycles. The van der Waals surface area contributed by atoms with Crippen LogP contribution in [0.25, 0.3) is 22.4 Å². The summed E-state index contributed by atoms with van der Waals surface area (Å²) in [5.74, 6) is 2.67. The maximum Gasteiger partial charge on any atom is 0.317 e. The van der Waals surface area contributed by atoms with Crippen molar-refractivity contribution < 1.29 is 4.79 Å². The van der Waals surface area contributed by atoms with Gasteiger partial charge in [0.1, 0.15) is 11.3 Å². The molecule has 3 fully saturated rings. The van der Waals surface area contributed by atoms with Gasteiger partial charge in [-0.2, -0.15) is 0 Å². The molecule has 4 aliphatic rings. The minimum absolute atomic E-state index is 0.0412. The molecule has 9 heteroatoms. The predicted molar refractivity (Wildman–Crippen MR) is 129 cm³/mol. The molecule has 1 unspecified atom stereocenters. The fraction of sp³-hybridized carbons (Fsp3) is 0.560. The van der Waals surface area contributed by atoms with Gasteiger partial charge in [0.15, 0.2) is 5.65 Å². The minimum Gasteiger partial charge on any atom is -0.337 e. The molecule has 9 nitrogen and oxygen atoms in total. The summed E-state index contributed by atoms with van der Waals surface area (Å²) in [6.07, 6.45) is 12.8. The van der Waals surface area contributed by atoms with E-state index in [0.29, 0.717) is 25.1 Å². The molecular weight excluding hydrogens is 428 g/mol. The number of carbonyl (C=O) groups is 1. The van der Waals surface area contributed by atoms with Crippen LogP contribution in [0.4, 0.5) is 10.7 Å². The van der Waals surface area contributed by atoms with Crippen LogP contribution in [0.15, 0.2) is 24.5 Å². The molecule has 34 heavy (non-hydrogen) atoms. The van der Waals surface area contributed by atoms with E-state index in [1.165, 1.54) is 44.3 Å². The van der Waals surface area contributed by atoms with Crippen LogP contribution in [-0.2, 0) is 6.42 Å². The number of urea groups is 1. The molecular formula is C25H30N8O. The van der Waals surface area contributed by atoms with Crippen LogP contribution >= 0.6 is 0 Å². The first kappa shape index (κ1) is 20.2. The molecule has 7 rings (SSSR count). The zero-order valence-corrected chi connectivity index (χ0v) is 19.4. The number of hydrogen-bond acceptors (Lipinski definition) is 6. The molecule has 1 aliphatic carbocycles. The largest absolute Gasteiger partial charge is 0.337 e. The van der Waals surface area contributed by atoms with Crippen molar-refractivity contribution in [3.05, 3.63) is 30.4 Å². The molecule has 2 amide bonds.